The third-order valence-corrected chi connectivity index (χ3v) is 9.52. The zero-order valence-corrected chi connectivity index (χ0v) is 30.7. The van der Waals surface area contributed by atoms with E-state index in [-0.39, 0.29) is 17.0 Å². The van der Waals surface area contributed by atoms with Crippen LogP contribution >= 0.6 is 17.0 Å². The van der Waals surface area contributed by atoms with E-state index in [0.29, 0.717) is 0 Å². The first kappa shape index (κ1) is 43.6. The predicted molar refractivity (Wildman–Crippen MR) is 196 cm³/mol. The summed E-state index contributed by atoms with van der Waals surface area (Å²) < 4.78 is 0. The van der Waals surface area contributed by atoms with E-state index >= 15 is 0 Å². The second-order valence-corrected chi connectivity index (χ2v) is 13.6. The van der Waals surface area contributed by atoms with Crippen LogP contribution in [0.4, 0.5) is 0 Å². The fourth-order valence-corrected chi connectivity index (χ4v) is 6.52. The third kappa shape index (κ3) is 38.4. The Hall–Kier alpha value is 0.440. The van der Waals surface area contributed by atoms with Crippen LogP contribution in [-0.2, 0) is 0 Å². The van der Waals surface area contributed by atoms with Crippen molar-refractivity contribution in [3.8, 4) is 0 Å². The normalized spacial score (nSPS) is 12.1. The van der Waals surface area contributed by atoms with Gasteiger partial charge in [-0.1, -0.05) is 226 Å². The fraction of sp³-hybridized carbons (Fsp3) is 1.00. The molecular weight excluding hydrogens is 562 g/mol. The first-order valence-electron chi connectivity index (χ1n) is 19.5. The fourth-order valence-electron chi connectivity index (χ4n) is 6.52. The summed E-state index contributed by atoms with van der Waals surface area (Å²) in [4.78, 5) is 0. The third-order valence-electron chi connectivity index (χ3n) is 9.52. The minimum atomic E-state index is 0. The molecule has 0 aliphatic carbocycles. The highest BCUT2D eigenvalue weighted by Crippen LogP contribution is 2.20. The highest BCUT2D eigenvalue weighted by molar-refractivity contribution is 8.93. The van der Waals surface area contributed by atoms with Crippen LogP contribution in [-0.4, -0.2) is 6.54 Å². The van der Waals surface area contributed by atoms with Gasteiger partial charge in [-0.05, 0) is 25.3 Å². The van der Waals surface area contributed by atoms with Crippen molar-refractivity contribution in [1.82, 2.24) is 0 Å². The van der Waals surface area contributed by atoms with Crippen molar-refractivity contribution in [3.63, 3.8) is 0 Å². The molecule has 1 nitrogen and oxygen atoms in total. The lowest BCUT2D eigenvalue weighted by Crippen LogP contribution is -2.14. The molecule has 0 rings (SSSR count). The van der Waals surface area contributed by atoms with Gasteiger partial charge in [0.15, 0.2) is 0 Å². The molecule has 0 fully saturated rings. The molecule has 1 atom stereocenters. The highest BCUT2D eigenvalue weighted by atomic mass is 79.9. The molecule has 0 spiro atoms. The summed E-state index contributed by atoms with van der Waals surface area (Å²) in [5, 5.41) is 0. The van der Waals surface area contributed by atoms with Crippen LogP contribution in [0.15, 0.2) is 0 Å². The van der Waals surface area contributed by atoms with Crippen molar-refractivity contribution < 1.29 is 0 Å². The number of hydrogen-bond donors (Lipinski definition) is 1. The average molecular weight is 645 g/mol. The lowest BCUT2D eigenvalue weighted by atomic mass is 9.94. The molecule has 0 bridgehead atoms. The quantitative estimate of drug-likeness (QED) is 0.0675. The zero-order chi connectivity index (χ0) is 29.0. The van der Waals surface area contributed by atoms with E-state index in [4.69, 9.17) is 5.73 Å². The van der Waals surface area contributed by atoms with E-state index < -0.39 is 0 Å². The summed E-state index contributed by atoms with van der Waals surface area (Å²) in [5.41, 5.74) is 6.11. The Bertz CT molecular complexity index is 426. The molecule has 0 amide bonds. The summed E-state index contributed by atoms with van der Waals surface area (Å²) >= 11 is 0. The largest absolute Gasteiger partial charge is 0.330 e. The summed E-state index contributed by atoms with van der Waals surface area (Å²) in [7, 11) is 0. The van der Waals surface area contributed by atoms with Gasteiger partial charge in [0.1, 0.15) is 0 Å². The van der Waals surface area contributed by atoms with Crippen molar-refractivity contribution in [2.75, 3.05) is 6.54 Å². The Balaban J connectivity index is 0. The minimum Gasteiger partial charge on any atom is -0.330 e. The Morgan fingerprint density at radius 3 is 0.634 bits per heavy atom. The SMILES string of the molecule is Br.CCCCCCCCCCCCCCCCCCCC(CN)CCCCCCCCCCCCCCCCCC. The van der Waals surface area contributed by atoms with Gasteiger partial charge >= 0.3 is 0 Å². The predicted octanol–water partition coefficient (Wildman–Crippen LogP) is 14.8. The lowest BCUT2D eigenvalue weighted by Gasteiger charge is -2.14. The number of nitrogens with two attached hydrogens (primary N) is 1. The number of halogens is 1. The van der Waals surface area contributed by atoms with Gasteiger partial charge in [0.2, 0.25) is 0 Å². The van der Waals surface area contributed by atoms with E-state index in [9.17, 15) is 0 Å². The van der Waals surface area contributed by atoms with E-state index in [1.165, 1.54) is 225 Å². The van der Waals surface area contributed by atoms with E-state index in [1.807, 2.05) is 0 Å². The Kier molecular flexibility index (Phi) is 43.0. The standard InChI is InChI=1S/C39H81N.BrH/c1-3-5-7-9-11-13-15-17-19-21-23-25-27-29-31-33-35-37-39(38-40)36-34-32-30-28-26-24-22-20-18-16-14-12-10-8-6-4-2;/h39H,3-38,40H2,1-2H3;1H. The molecule has 0 aromatic heterocycles. The van der Waals surface area contributed by atoms with Crippen LogP contribution in [0.3, 0.4) is 0 Å². The van der Waals surface area contributed by atoms with Crippen molar-refractivity contribution in [1.29, 1.82) is 0 Å². The number of rotatable bonds is 36. The maximum Gasteiger partial charge on any atom is -0.00489 e. The molecule has 1 unspecified atom stereocenters. The van der Waals surface area contributed by atoms with E-state index in [1.54, 1.807) is 0 Å². The first-order valence-corrected chi connectivity index (χ1v) is 19.5. The second-order valence-electron chi connectivity index (χ2n) is 13.6. The maximum absolute atomic E-state index is 6.11. The highest BCUT2D eigenvalue weighted by Gasteiger charge is 2.06. The topological polar surface area (TPSA) is 26.0 Å². The molecule has 0 saturated heterocycles. The van der Waals surface area contributed by atoms with Gasteiger partial charge in [-0.3, -0.25) is 0 Å². The molecular formula is C39H82BrN. The summed E-state index contributed by atoms with van der Waals surface area (Å²) in [6.45, 7) is 5.53. The van der Waals surface area contributed by atoms with Crippen LogP contribution in [0.2, 0.25) is 0 Å². The number of hydrogen-bond acceptors (Lipinski definition) is 1. The van der Waals surface area contributed by atoms with Gasteiger partial charge in [-0.15, -0.1) is 17.0 Å². The van der Waals surface area contributed by atoms with Crippen LogP contribution < -0.4 is 5.73 Å². The van der Waals surface area contributed by atoms with Crippen molar-refractivity contribution >= 4 is 17.0 Å². The molecule has 0 aliphatic rings. The molecule has 0 radical (unpaired) electrons. The van der Waals surface area contributed by atoms with Gasteiger partial charge in [0.25, 0.3) is 0 Å². The molecule has 0 saturated carbocycles. The van der Waals surface area contributed by atoms with Gasteiger partial charge in [0, 0.05) is 0 Å². The molecule has 0 aromatic carbocycles. The Morgan fingerprint density at radius 2 is 0.463 bits per heavy atom. The molecule has 2 heteroatoms. The zero-order valence-electron chi connectivity index (χ0n) is 29.0. The summed E-state index contributed by atoms with van der Waals surface area (Å²) in [6.07, 6.45) is 50.9. The smallest absolute Gasteiger partial charge is 0.00489 e. The molecule has 0 aliphatic heterocycles. The first-order chi connectivity index (χ1) is 19.8. The van der Waals surface area contributed by atoms with Crippen molar-refractivity contribution in [2.45, 2.75) is 239 Å². The van der Waals surface area contributed by atoms with Crippen LogP contribution in [0, 0.1) is 5.92 Å². The van der Waals surface area contributed by atoms with Gasteiger partial charge in [-0.25, -0.2) is 0 Å². The Morgan fingerprint density at radius 1 is 0.293 bits per heavy atom. The lowest BCUT2D eigenvalue weighted by molar-refractivity contribution is 0.409. The van der Waals surface area contributed by atoms with Crippen molar-refractivity contribution in [3.05, 3.63) is 0 Å². The van der Waals surface area contributed by atoms with Crippen LogP contribution in [0.5, 0.6) is 0 Å². The van der Waals surface area contributed by atoms with Crippen LogP contribution in [0.25, 0.3) is 0 Å². The summed E-state index contributed by atoms with van der Waals surface area (Å²) in [6, 6.07) is 0. The van der Waals surface area contributed by atoms with Gasteiger partial charge < -0.3 is 5.73 Å². The molecule has 41 heavy (non-hydrogen) atoms. The second kappa shape index (κ2) is 40.4. The summed E-state index contributed by atoms with van der Waals surface area (Å²) in [5.74, 6) is 0.794. The number of unbranched alkanes of at least 4 members (excludes halogenated alkanes) is 31. The molecule has 2 N–H and O–H groups in total. The van der Waals surface area contributed by atoms with Gasteiger partial charge in [-0.2, -0.15) is 0 Å². The molecule has 0 aromatic rings. The monoisotopic (exact) mass is 644 g/mol. The molecule has 250 valence electrons. The maximum atomic E-state index is 6.11. The average Bonchev–Trinajstić information content (AvgIpc) is 2.97. The Labute approximate surface area is 272 Å². The van der Waals surface area contributed by atoms with Crippen LogP contribution in [0.1, 0.15) is 239 Å². The van der Waals surface area contributed by atoms with E-state index in [0.717, 1.165) is 12.5 Å². The van der Waals surface area contributed by atoms with E-state index in [2.05, 4.69) is 13.8 Å². The molecule has 0 heterocycles. The van der Waals surface area contributed by atoms with Gasteiger partial charge in [0.05, 0.1) is 0 Å². The van der Waals surface area contributed by atoms with Crippen molar-refractivity contribution in [2.24, 2.45) is 11.7 Å². The minimum absolute atomic E-state index is 0.